The van der Waals surface area contributed by atoms with E-state index in [1.165, 1.54) is 48.0 Å². The predicted molar refractivity (Wildman–Crippen MR) is 193 cm³/mol. The van der Waals surface area contributed by atoms with E-state index in [4.69, 9.17) is 14.1 Å². The number of aliphatic hydroxyl groups excluding tert-OH is 1. The summed E-state index contributed by atoms with van der Waals surface area (Å²) in [6, 6.07) is 41.9. The molecule has 6 nitrogen and oxygen atoms in total. The maximum Gasteiger partial charge on any atom is 2.00 e. The number of hydrogen-bond donors (Lipinski definition) is 2. The molecule has 4 aromatic rings. The molecule has 0 aliphatic heterocycles. The maximum atomic E-state index is 11.2. The van der Waals surface area contributed by atoms with Gasteiger partial charge in [-0.05, 0) is 42.4 Å². The monoisotopic (exact) mass is 710 g/mol. The summed E-state index contributed by atoms with van der Waals surface area (Å²) in [5.74, 6) is -0.637. The SMILES string of the molecule is C1CCCC1.COC(C[C@@H](NCc1ccccc1)[C@@H]([C-]=O)[C@@H](C)O)OC.[C-]#[O+].[Fe+2].c1ccc(P(c2ccccc2)c2ccccc2)cc1. The van der Waals surface area contributed by atoms with Crippen LogP contribution in [0.3, 0.4) is 0 Å². The zero-order valence-corrected chi connectivity index (χ0v) is 30.2. The van der Waals surface area contributed by atoms with E-state index < -0.39 is 26.2 Å². The molecule has 1 saturated carbocycles. The molecule has 4 aromatic carbocycles. The van der Waals surface area contributed by atoms with Gasteiger partial charge < -0.3 is 24.7 Å². The maximum absolute atomic E-state index is 11.2. The zero-order valence-electron chi connectivity index (χ0n) is 28.2. The van der Waals surface area contributed by atoms with Crippen LogP contribution in [0.4, 0.5) is 0 Å². The second-order valence-corrected chi connectivity index (χ2v) is 13.3. The number of aliphatic hydroxyl groups is 1. The van der Waals surface area contributed by atoms with Crippen molar-refractivity contribution in [3.8, 4) is 0 Å². The van der Waals surface area contributed by atoms with Crippen molar-refractivity contribution in [3.05, 3.63) is 134 Å². The smallest absolute Gasteiger partial charge is 0.0622 e. The summed E-state index contributed by atoms with van der Waals surface area (Å²) < 4.78 is 17.9. The van der Waals surface area contributed by atoms with Gasteiger partial charge in [-0.25, -0.2) is 0 Å². The van der Waals surface area contributed by atoms with Gasteiger partial charge in [-0.3, -0.25) is 6.29 Å². The van der Waals surface area contributed by atoms with Crippen LogP contribution in [-0.4, -0.2) is 44.0 Å². The molecule has 8 heteroatoms. The zero-order chi connectivity index (χ0) is 34.1. The largest absolute Gasteiger partial charge is 2.00 e. The molecule has 0 aromatic heterocycles. The Hall–Kier alpha value is -2.92. The summed E-state index contributed by atoms with van der Waals surface area (Å²) in [5.41, 5.74) is 1.10. The van der Waals surface area contributed by atoms with E-state index >= 15 is 0 Å². The molecule has 0 spiro atoms. The quantitative estimate of drug-likeness (QED) is 0.0536. The van der Waals surface area contributed by atoms with Crippen molar-refractivity contribution in [1.29, 1.82) is 0 Å². The molecular formula is C40H49FeNO5P+. The van der Waals surface area contributed by atoms with Crippen LogP contribution in [0.15, 0.2) is 121 Å². The summed E-state index contributed by atoms with van der Waals surface area (Å²) in [4.78, 5) is 11.2. The van der Waals surface area contributed by atoms with Crippen LogP contribution in [0, 0.1) is 12.6 Å². The average Bonchev–Trinajstić information content (AvgIpc) is 3.73. The number of benzene rings is 4. The number of nitrogens with one attached hydrogen (secondary N) is 1. The molecule has 256 valence electrons. The van der Waals surface area contributed by atoms with Gasteiger partial charge in [-0.15, -0.1) is 0 Å². The van der Waals surface area contributed by atoms with Gasteiger partial charge >= 0.3 is 28.4 Å². The fourth-order valence-corrected chi connectivity index (χ4v) is 7.58. The minimum atomic E-state index is -0.787. The summed E-state index contributed by atoms with van der Waals surface area (Å²) in [6.45, 7) is 6.68. The van der Waals surface area contributed by atoms with Crippen molar-refractivity contribution in [2.24, 2.45) is 5.92 Å². The van der Waals surface area contributed by atoms with E-state index in [1.54, 1.807) is 21.1 Å². The third-order valence-corrected chi connectivity index (χ3v) is 10.2. The normalized spacial score (nSPS) is 13.6. The minimum absolute atomic E-state index is 0. The molecule has 1 aliphatic rings. The second kappa shape index (κ2) is 27.0. The van der Waals surface area contributed by atoms with Gasteiger partial charge in [0.25, 0.3) is 0 Å². The molecule has 5 rings (SSSR count). The average molecular weight is 711 g/mol. The standard InChI is InChI=1S/C18H15P.C16H24NO4.C5H10.CO.Fe/c1-4-10-16(11-5-1)19(17-12-6-2-7-13-17)18-14-8-3-9-15-18;1-12(19)14(11-18)15(9-16(20-2)21-3)17-10-13-7-5-4-6-8-13;1-2-4-5-3-1;1-2;/h1-15H;4-8,12,14-17,19H,9-10H2,1-3H3;1-5H2;;/q;-1;;;+2/t;12-,14+,15-;;;/m.1.../s1. The van der Waals surface area contributed by atoms with Crippen LogP contribution in [0.2, 0.25) is 0 Å². The number of hydrogen-bond acceptors (Lipinski definition) is 5. The number of carbonyl (C=O) groups excluding carboxylic acids is 1. The topological polar surface area (TPSA) is 87.7 Å². The Balaban J connectivity index is 0.000000394. The van der Waals surface area contributed by atoms with Gasteiger partial charge in [0, 0.05) is 33.3 Å². The van der Waals surface area contributed by atoms with Crippen molar-refractivity contribution in [1.82, 2.24) is 5.32 Å². The molecule has 0 heterocycles. The van der Waals surface area contributed by atoms with E-state index in [2.05, 4.69) is 103 Å². The van der Waals surface area contributed by atoms with Crippen molar-refractivity contribution in [2.75, 3.05) is 14.2 Å². The Bertz CT molecular complexity index is 1240. The molecule has 2 N–H and O–H groups in total. The Morgan fingerprint density at radius 1 is 0.729 bits per heavy atom. The van der Waals surface area contributed by atoms with Gasteiger partial charge in [0.2, 0.25) is 0 Å². The summed E-state index contributed by atoms with van der Waals surface area (Å²) in [5, 5.41) is 17.2. The molecule has 0 bridgehead atoms. The van der Waals surface area contributed by atoms with Crippen molar-refractivity contribution in [2.45, 2.75) is 70.4 Å². The van der Waals surface area contributed by atoms with Gasteiger partial charge in [0.05, 0.1) is 0 Å². The first-order chi connectivity index (χ1) is 23.1. The van der Waals surface area contributed by atoms with Crippen LogP contribution >= 0.6 is 7.92 Å². The Labute approximate surface area is 299 Å². The van der Waals surface area contributed by atoms with Gasteiger partial charge in [-0.1, -0.05) is 159 Å². The predicted octanol–water partition coefficient (Wildman–Crippen LogP) is 6.62. The van der Waals surface area contributed by atoms with Gasteiger partial charge in [0.15, 0.2) is 6.29 Å². The molecule has 3 atom stereocenters. The first-order valence-electron chi connectivity index (χ1n) is 16.1. The Morgan fingerprint density at radius 3 is 1.40 bits per heavy atom. The summed E-state index contributed by atoms with van der Waals surface area (Å²) in [6.07, 6.45) is 8.64. The number of methoxy groups -OCH3 is 2. The fraction of sp³-hybridized carbons (Fsp3) is 0.350. The van der Waals surface area contributed by atoms with Crippen molar-refractivity contribution < 1.29 is 41.1 Å². The van der Waals surface area contributed by atoms with E-state index in [-0.39, 0.29) is 23.1 Å². The van der Waals surface area contributed by atoms with E-state index in [1.807, 2.05) is 36.6 Å². The number of rotatable bonds is 13. The molecule has 1 fully saturated rings. The van der Waals surface area contributed by atoms with E-state index in [0.717, 1.165) is 5.56 Å². The van der Waals surface area contributed by atoms with Crippen molar-refractivity contribution >= 4 is 30.1 Å². The Kier molecular flexibility index (Phi) is 24.2. The van der Waals surface area contributed by atoms with Crippen LogP contribution in [0.25, 0.3) is 0 Å². The second-order valence-electron chi connectivity index (χ2n) is 11.1. The Morgan fingerprint density at radius 2 is 1.08 bits per heavy atom. The van der Waals surface area contributed by atoms with Gasteiger partial charge in [-0.2, -0.15) is 0 Å². The van der Waals surface area contributed by atoms with Crippen LogP contribution in [0.5, 0.6) is 0 Å². The third kappa shape index (κ3) is 16.0. The summed E-state index contributed by atoms with van der Waals surface area (Å²) >= 11 is 0. The molecule has 0 saturated heterocycles. The summed E-state index contributed by atoms with van der Waals surface area (Å²) in [7, 11) is 2.65. The molecule has 0 unspecified atom stereocenters. The molecule has 0 amide bonds. The van der Waals surface area contributed by atoms with E-state index in [9.17, 15) is 9.90 Å². The third-order valence-electron chi connectivity index (χ3n) is 7.77. The molecule has 1 aliphatic carbocycles. The molecular weight excluding hydrogens is 661 g/mol. The first-order valence-corrected chi connectivity index (χ1v) is 17.5. The van der Waals surface area contributed by atoms with Crippen LogP contribution < -0.4 is 21.2 Å². The van der Waals surface area contributed by atoms with E-state index in [0.29, 0.717) is 13.0 Å². The minimum Gasteiger partial charge on any atom is -0.0622 e. The number of ether oxygens (including phenoxy) is 2. The van der Waals surface area contributed by atoms with Crippen LogP contribution in [0.1, 0.15) is 51.0 Å². The molecule has 48 heavy (non-hydrogen) atoms. The first kappa shape index (κ1) is 43.1. The van der Waals surface area contributed by atoms with Crippen molar-refractivity contribution in [3.63, 3.8) is 0 Å². The van der Waals surface area contributed by atoms with Gasteiger partial charge in [0.1, 0.15) is 0 Å². The van der Waals surface area contributed by atoms with Crippen LogP contribution in [-0.2, 0) is 42.5 Å². The fourth-order valence-electron chi connectivity index (χ4n) is 5.28. The molecule has 0 radical (unpaired) electrons.